The molecule has 0 heterocycles. The van der Waals surface area contributed by atoms with E-state index in [0.717, 1.165) is 21.8 Å². The number of aryl methyl sites for hydroxylation is 1. The molecular formula is C13H12ClN. The van der Waals surface area contributed by atoms with Gasteiger partial charge in [0, 0.05) is 16.3 Å². The van der Waals surface area contributed by atoms with Crippen LogP contribution >= 0.6 is 11.6 Å². The predicted molar refractivity (Wildman–Crippen MR) is 66.0 cm³/mol. The van der Waals surface area contributed by atoms with Crippen LogP contribution in [0.2, 0.25) is 5.02 Å². The van der Waals surface area contributed by atoms with Crippen molar-refractivity contribution in [3.63, 3.8) is 0 Å². The van der Waals surface area contributed by atoms with Crippen LogP contribution in [0.15, 0.2) is 42.5 Å². The molecule has 0 aliphatic rings. The van der Waals surface area contributed by atoms with Gasteiger partial charge >= 0.3 is 0 Å². The molecule has 0 saturated carbocycles. The molecule has 2 rings (SSSR count). The third kappa shape index (κ3) is 1.97. The summed E-state index contributed by atoms with van der Waals surface area (Å²) in [7, 11) is 0. The standard InChI is InChI=1S/C13H12ClN/c1-9-6-7-10(15)8-12(9)11-4-2-3-5-13(11)14/h2-8H,15H2,1H3. The lowest BCUT2D eigenvalue weighted by molar-refractivity contribution is 1.46. The Morgan fingerprint density at radius 2 is 1.73 bits per heavy atom. The van der Waals surface area contributed by atoms with Gasteiger partial charge in [0.05, 0.1) is 0 Å². The third-order valence-corrected chi connectivity index (χ3v) is 2.76. The zero-order valence-electron chi connectivity index (χ0n) is 8.50. The molecule has 2 aromatic carbocycles. The van der Waals surface area contributed by atoms with Crippen LogP contribution in [0.1, 0.15) is 5.56 Å². The summed E-state index contributed by atoms with van der Waals surface area (Å²) in [5.74, 6) is 0. The van der Waals surface area contributed by atoms with Crippen LogP contribution in [0.25, 0.3) is 11.1 Å². The maximum atomic E-state index is 6.14. The highest BCUT2D eigenvalue weighted by atomic mass is 35.5. The molecule has 15 heavy (non-hydrogen) atoms. The topological polar surface area (TPSA) is 26.0 Å². The second-order valence-electron chi connectivity index (χ2n) is 3.55. The van der Waals surface area contributed by atoms with Crippen LogP contribution in [0, 0.1) is 6.92 Å². The first-order valence-electron chi connectivity index (χ1n) is 4.79. The van der Waals surface area contributed by atoms with Crippen molar-refractivity contribution in [2.24, 2.45) is 0 Å². The van der Waals surface area contributed by atoms with E-state index < -0.39 is 0 Å². The van der Waals surface area contributed by atoms with Gasteiger partial charge in [-0.3, -0.25) is 0 Å². The first-order chi connectivity index (χ1) is 7.18. The summed E-state index contributed by atoms with van der Waals surface area (Å²) >= 11 is 6.14. The fraction of sp³-hybridized carbons (Fsp3) is 0.0769. The number of rotatable bonds is 1. The van der Waals surface area contributed by atoms with Gasteiger partial charge in [0.2, 0.25) is 0 Å². The smallest absolute Gasteiger partial charge is 0.0484 e. The minimum atomic E-state index is 0.756. The fourth-order valence-corrected chi connectivity index (χ4v) is 1.85. The van der Waals surface area contributed by atoms with E-state index in [2.05, 4.69) is 6.92 Å². The molecule has 2 heteroatoms. The summed E-state index contributed by atoms with van der Waals surface area (Å²) in [6.45, 7) is 2.05. The fourth-order valence-electron chi connectivity index (χ4n) is 1.61. The Hall–Kier alpha value is -1.47. The number of nitrogen functional groups attached to an aromatic ring is 1. The SMILES string of the molecule is Cc1ccc(N)cc1-c1ccccc1Cl. The van der Waals surface area contributed by atoms with Gasteiger partial charge in [-0.25, -0.2) is 0 Å². The van der Waals surface area contributed by atoms with Crippen molar-refractivity contribution in [2.45, 2.75) is 6.92 Å². The second kappa shape index (κ2) is 3.95. The summed E-state index contributed by atoms with van der Waals surface area (Å²) in [5, 5.41) is 0.756. The van der Waals surface area contributed by atoms with Crippen LogP contribution < -0.4 is 5.73 Å². The zero-order valence-corrected chi connectivity index (χ0v) is 9.25. The molecule has 0 aliphatic carbocycles. The van der Waals surface area contributed by atoms with Crippen molar-refractivity contribution in [3.8, 4) is 11.1 Å². The first kappa shape index (κ1) is 10.1. The summed E-state index contributed by atoms with van der Waals surface area (Å²) in [5.41, 5.74) is 9.84. The predicted octanol–water partition coefficient (Wildman–Crippen LogP) is 3.90. The molecule has 0 atom stereocenters. The van der Waals surface area contributed by atoms with Crippen molar-refractivity contribution in [3.05, 3.63) is 53.1 Å². The average Bonchev–Trinajstić information content (AvgIpc) is 2.23. The van der Waals surface area contributed by atoms with Gasteiger partial charge in [-0.1, -0.05) is 35.9 Å². The Balaban J connectivity index is 2.64. The molecule has 0 saturated heterocycles. The Bertz CT molecular complexity index is 492. The van der Waals surface area contributed by atoms with Gasteiger partial charge < -0.3 is 5.73 Å². The zero-order chi connectivity index (χ0) is 10.8. The molecule has 1 nitrogen and oxygen atoms in total. The normalized spacial score (nSPS) is 10.3. The molecule has 0 bridgehead atoms. The van der Waals surface area contributed by atoms with Gasteiger partial charge in [-0.15, -0.1) is 0 Å². The quantitative estimate of drug-likeness (QED) is 0.721. The maximum absolute atomic E-state index is 6.14. The Kier molecular flexibility index (Phi) is 2.65. The van der Waals surface area contributed by atoms with Crippen molar-refractivity contribution in [1.82, 2.24) is 0 Å². The van der Waals surface area contributed by atoms with E-state index in [4.69, 9.17) is 17.3 Å². The molecule has 2 N–H and O–H groups in total. The van der Waals surface area contributed by atoms with E-state index in [1.807, 2.05) is 42.5 Å². The molecule has 2 aromatic rings. The Morgan fingerprint density at radius 3 is 2.47 bits per heavy atom. The Morgan fingerprint density at radius 1 is 1.00 bits per heavy atom. The molecule has 0 unspecified atom stereocenters. The highest BCUT2D eigenvalue weighted by Gasteiger charge is 2.05. The van der Waals surface area contributed by atoms with Gasteiger partial charge in [0.15, 0.2) is 0 Å². The van der Waals surface area contributed by atoms with E-state index in [1.165, 1.54) is 5.56 Å². The highest BCUT2D eigenvalue weighted by molar-refractivity contribution is 6.33. The minimum absolute atomic E-state index is 0.756. The summed E-state index contributed by atoms with van der Waals surface area (Å²) in [6.07, 6.45) is 0. The van der Waals surface area contributed by atoms with E-state index in [0.29, 0.717) is 0 Å². The van der Waals surface area contributed by atoms with Crippen LogP contribution in [-0.4, -0.2) is 0 Å². The van der Waals surface area contributed by atoms with Gasteiger partial charge in [-0.2, -0.15) is 0 Å². The highest BCUT2D eigenvalue weighted by Crippen LogP contribution is 2.31. The lowest BCUT2D eigenvalue weighted by atomic mass is 10.00. The number of benzene rings is 2. The van der Waals surface area contributed by atoms with Crippen molar-refractivity contribution >= 4 is 17.3 Å². The summed E-state index contributed by atoms with van der Waals surface area (Å²) in [6, 6.07) is 13.7. The number of halogens is 1. The average molecular weight is 218 g/mol. The molecule has 76 valence electrons. The van der Waals surface area contributed by atoms with Crippen LogP contribution in [0.4, 0.5) is 5.69 Å². The largest absolute Gasteiger partial charge is 0.399 e. The van der Waals surface area contributed by atoms with Crippen molar-refractivity contribution < 1.29 is 0 Å². The number of nitrogens with two attached hydrogens (primary N) is 1. The molecule has 0 aliphatic heterocycles. The van der Waals surface area contributed by atoms with E-state index >= 15 is 0 Å². The van der Waals surface area contributed by atoms with E-state index in [-0.39, 0.29) is 0 Å². The number of hydrogen-bond donors (Lipinski definition) is 1. The van der Waals surface area contributed by atoms with Crippen LogP contribution in [0.5, 0.6) is 0 Å². The number of anilines is 1. The summed E-state index contributed by atoms with van der Waals surface area (Å²) in [4.78, 5) is 0. The van der Waals surface area contributed by atoms with E-state index in [1.54, 1.807) is 0 Å². The van der Waals surface area contributed by atoms with Crippen LogP contribution in [0.3, 0.4) is 0 Å². The van der Waals surface area contributed by atoms with Gasteiger partial charge in [0.25, 0.3) is 0 Å². The van der Waals surface area contributed by atoms with Gasteiger partial charge in [-0.05, 0) is 36.2 Å². The van der Waals surface area contributed by atoms with Crippen molar-refractivity contribution in [1.29, 1.82) is 0 Å². The Labute approximate surface area is 94.5 Å². The first-order valence-corrected chi connectivity index (χ1v) is 5.17. The lowest BCUT2D eigenvalue weighted by Crippen LogP contribution is -1.89. The van der Waals surface area contributed by atoms with Crippen LogP contribution in [-0.2, 0) is 0 Å². The molecule has 0 amide bonds. The lowest BCUT2D eigenvalue weighted by Gasteiger charge is -2.08. The van der Waals surface area contributed by atoms with Crippen molar-refractivity contribution in [2.75, 3.05) is 5.73 Å². The van der Waals surface area contributed by atoms with E-state index in [9.17, 15) is 0 Å². The minimum Gasteiger partial charge on any atom is -0.399 e. The summed E-state index contributed by atoms with van der Waals surface area (Å²) < 4.78 is 0. The third-order valence-electron chi connectivity index (χ3n) is 2.43. The molecule has 0 aromatic heterocycles. The number of hydrogen-bond acceptors (Lipinski definition) is 1. The molecule has 0 fully saturated rings. The molecule has 0 radical (unpaired) electrons. The second-order valence-corrected chi connectivity index (χ2v) is 3.96. The maximum Gasteiger partial charge on any atom is 0.0484 e. The molecule has 0 spiro atoms. The monoisotopic (exact) mass is 217 g/mol. The molecular weight excluding hydrogens is 206 g/mol. The van der Waals surface area contributed by atoms with Gasteiger partial charge in [0.1, 0.15) is 0 Å².